The van der Waals surface area contributed by atoms with Gasteiger partial charge in [-0.1, -0.05) is 135 Å². The molecule has 0 aliphatic carbocycles. The first kappa shape index (κ1) is 32.1. The van der Waals surface area contributed by atoms with Crippen LogP contribution in [0.25, 0.3) is 0 Å². The minimum Gasteiger partial charge on any atom is -0.375 e. The molecule has 1 saturated heterocycles. The van der Waals surface area contributed by atoms with Crippen LogP contribution in [0.2, 0.25) is 0 Å². The lowest BCUT2D eigenvalue weighted by Crippen LogP contribution is -2.64. The molecule has 0 unspecified atom stereocenters. The molecule has 44 heavy (non-hydrogen) atoms. The quantitative estimate of drug-likeness (QED) is 0.133. The van der Waals surface area contributed by atoms with Gasteiger partial charge in [-0.15, -0.1) is 0 Å². The average Bonchev–Trinajstić information content (AvgIpc) is 3.07. The van der Waals surface area contributed by atoms with E-state index in [1.165, 1.54) is 5.56 Å². The monoisotopic (exact) mass is 593 g/mol. The summed E-state index contributed by atoms with van der Waals surface area (Å²) in [6.07, 6.45) is 0.388. The maximum Gasteiger partial charge on any atom is 0.113 e. The van der Waals surface area contributed by atoms with E-state index in [1.54, 1.807) is 0 Å². The van der Waals surface area contributed by atoms with Crippen LogP contribution in [0, 0.1) is 5.92 Å². The second kappa shape index (κ2) is 17.2. The van der Waals surface area contributed by atoms with Crippen LogP contribution in [0.4, 0.5) is 0 Å². The second-order valence-electron chi connectivity index (χ2n) is 12.1. The van der Waals surface area contributed by atoms with Gasteiger partial charge in [0, 0.05) is 6.54 Å². The summed E-state index contributed by atoms with van der Waals surface area (Å²) in [5.74, 6) is 0.584. The minimum absolute atomic E-state index is 0.0125. The zero-order chi connectivity index (χ0) is 30.4. The van der Waals surface area contributed by atoms with Crippen LogP contribution in [0.5, 0.6) is 0 Å². The predicted octanol–water partition coefficient (Wildman–Crippen LogP) is 7.69. The highest BCUT2D eigenvalue weighted by atomic mass is 16.6. The highest BCUT2D eigenvalue weighted by Crippen LogP contribution is 2.30. The van der Waals surface area contributed by atoms with Crippen LogP contribution in [0.15, 0.2) is 121 Å². The Kier molecular flexibility index (Phi) is 12.6. The molecule has 0 bridgehead atoms. The molecule has 4 aromatic carbocycles. The molecule has 0 amide bonds. The Morgan fingerprint density at radius 1 is 0.568 bits per heavy atom. The van der Waals surface area contributed by atoms with Gasteiger partial charge in [-0.2, -0.15) is 0 Å². The van der Waals surface area contributed by atoms with Crippen LogP contribution in [-0.4, -0.2) is 49.0 Å². The van der Waals surface area contributed by atoms with Gasteiger partial charge in [0.15, 0.2) is 0 Å². The lowest BCUT2D eigenvalue weighted by Gasteiger charge is -2.48. The first-order valence-electron chi connectivity index (χ1n) is 16.0. The highest BCUT2D eigenvalue weighted by Gasteiger charge is 2.46. The SMILES string of the molecule is CC(C)CCN1C[C@H](OCc2ccccc2)[C@@H](OCc2ccccc2)[C@H](OCc2ccccc2)[C@@H]1COCc1ccccc1. The molecule has 1 aliphatic heterocycles. The van der Waals surface area contributed by atoms with Crippen LogP contribution in [0.1, 0.15) is 42.5 Å². The number of benzene rings is 4. The fourth-order valence-electron chi connectivity index (χ4n) is 5.73. The summed E-state index contributed by atoms with van der Waals surface area (Å²) in [5, 5.41) is 0. The van der Waals surface area contributed by atoms with Gasteiger partial charge in [-0.3, -0.25) is 4.90 Å². The third kappa shape index (κ3) is 9.85. The van der Waals surface area contributed by atoms with Gasteiger partial charge < -0.3 is 18.9 Å². The molecule has 5 rings (SSSR count). The van der Waals surface area contributed by atoms with Crippen molar-refractivity contribution in [1.82, 2.24) is 4.90 Å². The van der Waals surface area contributed by atoms with Crippen molar-refractivity contribution >= 4 is 0 Å². The Labute approximate surface area is 263 Å². The van der Waals surface area contributed by atoms with Crippen LogP contribution < -0.4 is 0 Å². The lowest BCUT2D eigenvalue weighted by molar-refractivity contribution is -0.210. The number of hydrogen-bond acceptors (Lipinski definition) is 5. The van der Waals surface area contributed by atoms with Gasteiger partial charge in [-0.05, 0) is 41.1 Å². The van der Waals surface area contributed by atoms with E-state index in [0.717, 1.165) is 36.2 Å². The summed E-state index contributed by atoms with van der Waals surface area (Å²) in [7, 11) is 0. The van der Waals surface area contributed by atoms with Gasteiger partial charge in [0.1, 0.15) is 12.2 Å². The second-order valence-corrected chi connectivity index (χ2v) is 12.1. The topological polar surface area (TPSA) is 40.2 Å². The van der Waals surface area contributed by atoms with Crippen molar-refractivity contribution in [1.29, 1.82) is 0 Å². The van der Waals surface area contributed by atoms with Crippen molar-refractivity contribution in [2.75, 3.05) is 19.7 Å². The number of piperidine rings is 1. The van der Waals surface area contributed by atoms with E-state index in [2.05, 4.69) is 116 Å². The van der Waals surface area contributed by atoms with Gasteiger partial charge in [0.2, 0.25) is 0 Å². The summed E-state index contributed by atoms with van der Waals surface area (Å²) < 4.78 is 26.8. The molecule has 0 saturated carbocycles. The standard InChI is InChI=1S/C39H47NO4/c1-31(2)23-24-40-25-37(42-27-33-17-9-4-10-18-33)39(44-29-35-21-13-6-14-22-35)38(43-28-34-19-11-5-12-20-34)36(40)30-41-26-32-15-7-3-8-16-32/h3-22,31,36-39H,23-30H2,1-2H3/t36-,37-,38+,39+/m0/s1. The van der Waals surface area contributed by atoms with E-state index in [-0.39, 0.29) is 24.4 Å². The van der Waals surface area contributed by atoms with Crippen LogP contribution >= 0.6 is 0 Å². The van der Waals surface area contributed by atoms with Gasteiger partial charge in [0.05, 0.1) is 45.2 Å². The fraction of sp³-hybridized carbons (Fsp3) is 0.385. The molecule has 5 nitrogen and oxygen atoms in total. The normalized spacial score (nSPS) is 20.6. The summed E-state index contributed by atoms with van der Waals surface area (Å²) in [5.41, 5.74) is 4.59. The third-order valence-electron chi connectivity index (χ3n) is 8.22. The van der Waals surface area contributed by atoms with E-state index in [9.17, 15) is 0 Å². The number of nitrogens with zero attached hydrogens (tertiary/aromatic N) is 1. The highest BCUT2D eigenvalue weighted by molar-refractivity contribution is 5.16. The average molecular weight is 594 g/mol. The Hall–Kier alpha value is -3.32. The Morgan fingerprint density at radius 3 is 1.48 bits per heavy atom. The van der Waals surface area contributed by atoms with Crippen LogP contribution in [-0.2, 0) is 45.4 Å². The van der Waals surface area contributed by atoms with Crippen molar-refractivity contribution < 1.29 is 18.9 Å². The van der Waals surface area contributed by atoms with Gasteiger partial charge >= 0.3 is 0 Å². The Bertz CT molecular complexity index is 1320. The molecule has 4 atom stereocenters. The molecule has 0 spiro atoms. The first-order valence-corrected chi connectivity index (χ1v) is 16.0. The molecule has 1 aliphatic rings. The zero-order valence-electron chi connectivity index (χ0n) is 26.2. The number of ether oxygens (including phenoxy) is 4. The third-order valence-corrected chi connectivity index (χ3v) is 8.22. The summed E-state index contributed by atoms with van der Waals surface area (Å²) in [6.45, 7) is 8.87. The largest absolute Gasteiger partial charge is 0.375 e. The summed E-state index contributed by atoms with van der Waals surface area (Å²) in [6, 6.07) is 41.5. The number of likely N-dealkylation sites (tertiary alicyclic amines) is 1. The predicted molar refractivity (Wildman–Crippen MR) is 176 cm³/mol. The summed E-state index contributed by atoms with van der Waals surface area (Å²) >= 11 is 0. The van der Waals surface area contributed by atoms with Gasteiger partial charge in [0.25, 0.3) is 0 Å². The fourth-order valence-corrected chi connectivity index (χ4v) is 5.73. The van der Waals surface area contributed by atoms with E-state index in [0.29, 0.717) is 39.0 Å². The van der Waals surface area contributed by atoms with Crippen LogP contribution in [0.3, 0.4) is 0 Å². The maximum absolute atomic E-state index is 6.88. The van der Waals surface area contributed by atoms with Crippen molar-refractivity contribution in [2.24, 2.45) is 5.92 Å². The molecule has 232 valence electrons. The van der Waals surface area contributed by atoms with E-state index >= 15 is 0 Å². The molecule has 0 radical (unpaired) electrons. The smallest absolute Gasteiger partial charge is 0.113 e. The summed E-state index contributed by atoms with van der Waals surface area (Å²) in [4.78, 5) is 2.53. The van der Waals surface area contributed by atoms with Crippen molar-refractivity contribution in [3.8, 4) is 0 Å². The van der Waals surface area contributed by atoms with Crippen molar-refractivity contribution in [3.05, 3.63) is 144 Å². The molecule has 1 heterocycles. The number of rotatable bonds is 16. The molecule has 5 heteroatoms. The lowest BCUT2D eigenvalue weighted by atomic mass is 9.92. The molecule has 0 aromatic heterocycles. The molecular formula is C39H47NO4. The van der Waals surface area contributed by atoms with E-state index in [1.807, 2.05) is 24.3 Å². The van der Waals surface area contributed by atoms with Crippen molar-refractivity contribution in [2.45, 2.75) is 71.0 Å². The first-order chi connectivity index (χ1) is 21.7. The van der Waals surface area contributed by atoms with E-state index < -0.39 is 0 Å². The molecular weight excluding hydrogens is 546 g/mol. The Balaban J connectivity index is 1.42. The number of hydrogen-bond donors (Lipinski definition) is 0. The Morgan fingerprint density at radius 2 is 1.00 bits per heavy atom. The molecule has 0 N–H and O–H groups in total. The van der Waals surface area contributed by atoms with E-state index in [4.69, 9.17) is 18.9 Å². The maximum atomic E-state index is 6.88. The minimum atomic E-state index is -0.275. The molecule has 4 aromatic rings. The zero-order valence-corrected chi connectivity index (χ0v) is 26.2. The van der Waals surface area contributed by atoms with Crippen molar-refractivity contribution in [3.63, 3.8) is 0 Å². The molecule has 1 fully saturated rings. The van der Waals surface area contributed by atoms with Gasteiger partial charge in [-0.25, -0.2) is 0 Å².